The molecule has 0 amide bonds. The third-order valence-electron chi connectivity index (χ3n) is 5.10. The molecule has 8 heteroatoms. The van der Waals surface area contributed by atoms with Gasteiger partial charge in [0.05, 0.1) is 29.8 Å². The van der Waals surface area contributed by atoms with Crippen molar-refractivity contribution >= 4 is 29.9 Å². The zero-order chi connectivity index (χ0) is 22.3. The number of para-hydroxylation sites is 2. The average Bonchev–Trinajstić information content (AvgIpc) is 3.42. The zero-order valence-electron chi connectivity index (χ0n) is 19.2. The molecule has 0 aliphatic heterocycles. The third kappa shape index (κ3) is 6.22. The highest BCUT2D eigenvalue weighted by Gasteiger charge is 2.09. The van der Waals surface area contributed by atoms with E-state index in [-0.39, 0.29) is 24.0 Å². The number of rotatable bonds is 7. The van der Waals surface area contributed by atoms with Crippen molar-refractivity contribution in [1.82, 2.24) is 30.2 Å². The highest BCUT2D eigenvalue weighted by molar-refractivity contribution is 14.0. The van der Waals surface area contributed by atoms with E-state index in [0.29, 0.717) is 13.1 Å². The number of aromatic nitrogens is 4. The first-order valence-electron chi connectivity index (χ1n) is 10.9. The van der Waals surface area contributed by atoms with Gasteiger partial charge >= 0.3 is 0 Å². The van der Waals surface area contributed by atoms with E-state index in [1.807, 2.05) is 71.1 Å². The standard InChI is InChI=1S/C25H29N7.HI/c1-4-26-25(27-15-21-16-29-31(18-21)23-11-6-5-7-12-23)28-17-22-10-8-9-13-24(22)32-20(3)14-19(2)30-32;/h5-14,16,18H,4,15,17H2,1-3H3,(H2,26,27,28);1H. The predicted molar refractivity (Wildman–Crippen MR) is 144 cm³/mol. The van der Waals surface area contributed by atoms with E-state index in [1.54, 1.807) is 0 Å². The topological polar surface area (TPSA) is 72.1 Å². The maximum absolute atomic E-state index is 4.75. The lowest BCUT2D eigenvalue weighted by atomic mass is 10.1. The van der Waals surface area contributed by atoms with Crippen molar-refractivity contribution in [3.8, 4) is 11.4 Å². The minimum Gasteiger partial charge on any atom is -0.357 e. The SMILES string of the molecule is CCNC(=NCc1cnn(-c2ccccc2)c1)NCc1ccccc1-n1nc(C)cc1C.I. The summed E-state index contributed by atoms with van der Waals surface area (Å²) < 4.78 is 3.87. The molecule has 0 saturated heterocycles. The Kier molecular flexibility index (Phi) is 8.65. The van der Waals surface area contributed by atoms with Gasteiger partial charge in [-0.05, 0) is 50.6 Å². The number of nitrogens with zero attached hydrogens (tertiary/aromatic N) is 5. The molecule has 0 atom stereocenters. The van der Waals surface area contributed by atoms with Gasteiger partial charge in [-0.3, -0.25) is 0 Å². The maximum Gasteiger partial charge on any atom is 0.191 e. The van der Waals surface area contributed by atoms with Gasteiger partial charge in [-0.1, -0.05) is 36.4 Å². The van der Waals surface area contributed by atoms with Crippen LogP contribution in [0.25, 0.3) is 11.4 Å². The molecule has 0 radical (unpaired) electrons. The van der Waals surface area contributed by atoms with Gasteiger partial charge in [0.25, 0.3) is 0 Å². The van der Waals surface area contributed by atoms with Crippen molar-refractivity contribution < 1.29 is 0 Å². The molecule has 0 bridgehead atoms. The highest BCUT2D eigenvalue weighted by atomic mass is 127. The molecule has 172 valence electrons. The van der Waals surface area contributed by atoms with Crippen LogP contribution in [0.3, 0.4) is 0 Å². The number of halogens is 1. The van der Waals surface area contributed by atoms with E-state index >= 15 is 0 Å². The molecule has 4 rings (SSSR count). The Morgan fingerprint density at radius 1 is 1.00 bits per heavy atom. The molecular weight excluding hydrogens is 525 g/mol. The van der Waals surface area contributed by atoms with Crippen LogP contribution in [0.2, 0.25) is 0 Å². The van der Waals surface area contributed by atoms with Crippen LogP contribution < -0.4 is 10.6 Å². The van der Waals surface area contributed by atoms with E-state index in [9.17, 15) is 0 Å². The molecule has 0 aliphatic rings. The van der Waals surface area contributed by atoms with Crippen molar-refractivity contribution in [1.29, 1.82) is 0 Å². The van der Waals surface area contributed by atoms with Gasteiger partial charge in [-0.15, -0.1) is 24.0 Å². The number of guanidine groups is 1. The fourth-order valence-corrected chi connectivity index (χ4v) is 3.59. The van der Waals surface area contributed by atoms with Gasteiger partial charge in [0.15, 0.2) is 5.96 Å². The van der Waals surface area contributed by atoms with Crippen molar-refractivity contribution in [3.63, 3.8) is 0 Å². The van der Waals surface area contributed by atoms with Crippen molar-refractivity contribution in [2.75, 3.05) is 6.54 Å². The second kappa shape index (κ2) is 11.6. The van der Waals surface area contributed by atoms with Crippen LogP contribution in [0.5, 0.6) is 0 Å². The van der Waals surface area contributed by atoms with Gasteiger partial charge < -0.3 is 10.6 Å². The minimum absolute atomic E-state index is 0. The molecular formula is C25H30IN7. The molecule has 0 aliphatic carbocycles. The summed E-state index contributed by atoms with van der Waals surface area (Å²) in [6, 6.07) is 20.5. The summed E-state index contributed by atoms with van der Waals surface area (Å²) in [4.78, 5) is 4.75. The van der Waals surface area contributed by atoms with Crippen molar-refractivity contribution in [2.45, 2.75) is 33.9 Å². The second-order valence-electron chi connectivity index (χ2n) is 7.65. The maximum atomic E-state index is 4.75. The number of hydrogen-bond acceptors (Lipinski definition) is 3. The van der Waals surface area contributed by atoms with Gasteiger partial charge in [0.1, 0.15) is 0 Å². The molecule has 2 heterocycles. The van der Waals surface area contributed by atoms with E-state index in [2.05, 4.69) is 52.9 Å². The van der Waals surface area contributed by atoms with Gasteiger partial charge in [-0.2, -0.15) is 10.2 Å². The van der Waals surface area contributed by atoms with Crippen LogP contribution >= 0.6 is 24.0 Å². The highest BCUT2D eigenvalue weighted by Crippen LogP contribution is 2.17. The predicted octanol–water partition coefficient (Wildman–Crippen LogP) is 4.55. The van der Waals surface area contributed by atoms with Gasteiger partial charge in [0.2, 0.25) is 0 Å². The Morgan fingerprint density at radius 3 is 2.48 bits per heavy atom. The monoisotopic (exact) mass is 555 g/mol. The Hall–Kier alpha value is -3.14. The first-order valence-corrected chi connectivity index (χ1v) is 10.9. The van der Waals surface area contributed by atoms with Crippen LogP contribution in [0.1, 0.15) is 29.4 Å². The first kappa shape index (κ1) is 24.5. The molecule has 7 nitrogen and oxygen atoms in total. The molecule has 0 saturated carbocycles. The normalized spacial score (nSPS) is 11.2. The van der Waals surface area contributed by atoms with Crippen LogP contribution in [0.4, 0.5) is 0 Å². The Morgan fingerprint density at radius 2 is 1.76 bits per heavy atom. The lowest BCUT2D eigenvalue weighted by Crippen LogP contribution is -2.37. The Balaban J connectivity index is 0.00000306. The number of aryl methyl sites for hydroxylation is 2. The molecule has 2 N–H and O–H groups in total. The summed E-state index contributed by atoms with van der Waals surface area (Å²) in [5, 5.41) is 15.9. The quantitative estimate of drug-likeness (QED) is 0.200. The lowest BCUT2D eigenvalue weighted by molar-refractivity contribution is 0.783. The van der Waals surface area contributed by atoms with Crippen molar-refractivity contribution in [2.24, 2.45) is 4.99 Å². The average molecular weight is 555 g/mol. The summed E-state index contributed by atoms with van der Waals surface area (Å²) in [5.74, 6) is 0.767. The van der Waals surface area contributed by atoms with Gasteiger partial charge in [0, 0.05) is 30.5 Å². The van der Waals surface area contributed by atoms with Crippen LogP contribution in [-0.2, 0) is 13.1 Å². The Labute approximate surface area is 212 Å². The first-order chi connectivity index (χ1) is 15.6. The van der Waals surface area contributed by atoms with E-state index in [0.717, 1.165) is 46.4 Å². The molecule has 2 aromatic carbocycles. The van der Waals surface area contributed by atoms with Crippen LogP contribution in [-0.4, -0.2) is 32.1 Å². The Bertz CT molecular complexity index is 1190. The number of benzene rings is 2. The fraction of sp³-hybridized carbons (Fsp3) is 0.240. The van der Waals surface area contributed by atoms with Crippen molar-refractivity contribution in [3.05, 3.63) is 95.6 Å². The summed E-state index contributed by atoms with van der Waals surface area (Å²) in [6.45, 7) is 8.12. The number of aliphatic imine (C=N–C) groups is 1. The molecule has 33 heavy (non-hydrogen) atoms. The van der Waals surface area contributed by atoms with E-state index < -0.39 is 0 Å². The fourth-order valence-electron chi connectivity index (χ4n) is 3.59. The zero-order valence-corrected chi connectivity index (χ0v) is 21.5. The van der Waals surface area contributed by atoms with Crippen LogP contribution in [0.15, 0.2) is 78.0 Å². The summed E-state index contributed by atoms with van der Waals surface area (Å²) in [7, 11) is 0. The lowest BCUT2D eigenvalue weighted by Gasteiger charge is -2.14. The minimum atomic E-state index is 0. The number of hydrogen-bond donors (Lipinski definition) is 2. The summed E-state index contributed by atoms with van der Waals surface area (Å²) >= 11 is 0. The smallest absolute Gasteiger partial charge is 0.191 e. The largest absolute Gasteiger partial charge is 0.357 e. The van der Waals surface area contributed by atoms with Gasteiger partial charge in [-0.25, -0.2) is 14.4 Å². The number of nitrogens with one attached hydrogen (secondary N) is 2. The molecule has 2 aromatic heterocycles. The molecule has 0 fully saturated rings. The molecule has 0 spiro atoms. The van der Waals surface area contributed by atoms with E-state index in [4.69, 9.17) is 4.99 Å². The summed E-state index contributed by atoms with van der Waals surface area (Å²) in [6.07, 6.45) is 3.87. The summed E-state index contributed by atoms with van der Waals surface area (Å²) in [5.41, 5.74) is 6.44. The molecule has 0 unspecified atom stereocenters. The van der Waals surface area contributed by atoms with Crippen LogP contribution in [0, 0.1) is 13.8 Å². The third-order valence-corrected chi connectivity index (χ3v) is 5.10. The second-order valence-corrected chi connectivity index (χ2v) is 7.65. The molecule has 4 aromatic rings. The van der Waals surface area contributed by atoms with E-state index in [1.165, 1.54) is 0 Å².